The average molecular weight is 346 g/mol. The number of halogens is 2. The van der Waals surface area contributed by atoms with Gasteiger partial charge < -0.3 is 4.90 Å². The number of hydrogen-bond acceptors (Lipinski definition) is 5. The van der Waals surface area contributed by atoms with Gasteiger partial charge in [-0.05, 0) is 23.8 Å². The highest BCUT2D eigenvalue weighted by Gasteiger charge is 2.21. The van der Waals surface area contributed by atoms with Crippen molar-refractivity contribution in [1.29, 1.82) is 0 Å². The summed E-state index contributed by atoms with van der Waals surface area (Å²) in [6.07, 6.45) is 3.61. The molecular formula is C17H16F2N4S. The third-order valence-corrected chi connectivity index (χ3v) is 5.26. The van der Waals surface area contributed by atoms with Gasteiger partial charge >= 0.3 is 0 Å². The second-order valence-electron chi connectivity index (χ2n) is 5.85. The van der Waals surface area contributed by atoms with Crippen molar-refractivity contribution in [1.82, 2.24) is 14.9 Å². The predicted octanol–water partition coefficient (Wildman–Crippen LogP) is 3.29. The van der Waals surface area contributed by atoms with Crippen LogP contribution in [0.1, 0.15) is 5.56 Å². The molecule has 0 atom stereocenters. The predicted molar refractivity (Wildman–Crippen MR) is 91.3 cm³/mol. The summed E-state index contributed by atoms with van der Waals surface area (Å²) in [5, 5.41) is 0.762. The molecule has 24 heavy (non-hydrogen) atoms. The molecule has 7 heteroatoms. The van der Waals surface area contributed by atoms with Crippen LogP contribution >= 0.6 is 11.3 Å². The van der Waals surface area contributed by atoms with Crippen molar-refractivity contribution >= 4 is 26.7 Å². The lowest BCUT2D eigenvalue weighted by atomic mass is 10.2. The maximum absolute atomic E-state index is 13.8. The quantitative estimate of drug-likeness (QED) is 0.728. The van der Waals surface area contributed by atoms with E-state index in [1.54, 1.807) is 12.4 Å². The van der Waals surface area contributed by atoms with Crippen molar-refractivity contribution in [2.75, 3.05) is 31.1 Å². The first-order valence-electron chi connectivity index (χ1n) is 7.81. The number of fused-ring (bicyclic) bond motifs is 1. The molecule has 1 aromatic carbocycles. The SMILES string of the molecule is Fc1cc(F)c2nc(N3CCN(Cc4ccncc4)CC3)sc2c1. The monoisotopic (exact) mass is 346 g/mol. The van der Waals surface area contributed by atoms with Gasteiger partial charge in [0, 0.05) is 51.2 Å². The van der Waals surface area contributed by atoms with Gasteiger partial charge in [0.1, 0.15) is 11.3 Å². The summed E-state index contributed by atoms with van der Waals surface area (Å²) in [6, 6.07) is 6.28. The second-order valence-corrected chi connectivity index (χ2v) is 6.86. The fourth-order valence-corrected chi connectivity index (χ4v) is 3.98. The molecule has 0 aliphatic carbocycles. The number of hydrogen-bond donors (Lipinski definition) is 0. The minimum absolute atomic E-state index is 0.260. The molecule has 3 aromatic rings. The molecule has 1 aliphatic rings. The molecule has 0 unspecified atom stereocenters. The standard InChI is InChI=1S/C17H16F2N4S/c18-13-9-14(19)16-15(10-13)24-17(21-16)23-7-5-22(6-8-23)11-12-1-3-20-4-2-12/h1-4,9-10H,5-8,11H2. The molecule has 0 saturated carbocycles. The summed E-state index contributed by atoms with van der Waals surface area (Å²) in [6.45, 7) is 4.38. The minimum Gasteiger partial charge on any atom is -0.345 e. The van der Waals surface area contributed by atoms with Crippen LogP contribution in [0.5, 0.6) is 0 Å². The molecule has 4 nitrogen and oxygen atoms in total. The van der Waals surface area contributed by atoms with Gasteiger partial charge in [-0.25, -0.2) is 13.8 Å². The Kier molecular flexibility index (Phi) is 4.12. The van der Waals surface area contributed by atoms with Gasteiger partial charge in [-0.2, -0.15) is 0 Å². The molecule has 1 saturated heterocycles. The Morgan fingerprint density at radius 3 is 2.54 bits per heavy atom. The summed E-state index contributed by atoms with van der Waals surface area (Å²) in [7, 11) is 0. The lowest BCUT2D eigenvalue weighted by molar-refractivity contribution is 0.250. The lowest BCUT2D eigenvalue weighted by Gasteiger charge is -2.34. The van der Waals surface area contributed by atoms with Crippen molar-refractivity contribution in [3.05, 3.63) is 53.9 Å². The van der Waals surface area contributed by atoms with Gasteiger partial charge in [0.25, 0.3) is 0 Å². The Balaban J connectivity index is 1.45. The summed E-state index contributed by atoms with van der Waals surface area (Å²) in [4.78, 5) is 12.9. The fourth-order valence-electron chi connectivity index (χ4n) is 2.92. The van der Waals surface area contributed by atoms with E-state index >= 15 is 0 Å². The smallest absolute Gasteiger partial charge is 0.186 e. The molecule has 1 aliphatic heterocycles. The summed E-state index contributed by atoms with van der Waals surface area (Å²) < 4.78 is 27.7. The van der Waals surface area contributed by atoms with Crippen LogP contribution in [0.2, 0.25) is 0 Å². The largest absolute Gasteiger partial charge is 0.345 e. The highest BCUT2D eigenvalue weighted by Crippen LogP contribution is 2.31. The minimum atomic E-state index is -0.594. The average Bonchev–Trinajstić information content (AvgIpc) is 3.01. The fraction of sp³-hybridized carbons (Fsp3) is 0.294. The molecule has 2 aromatic heterocycles. The van der Waals surface area contributed by atoms with Crippen LogP contribution in [-0.2, 0) is 6.54 Å². The molecular weight excluding hydrogens is 330 g/mol. The Labute approximate surface area is 142 Å². The van der Waals surface area contributed by atoms with Crippen LogP contribution in [0.4, 0.5) is 13.9 Å². The second kappa shape index (κ2) is 6.41. The molecule has 124 valence electrons. The first-order chi connectivity index (χ1) is 11.7. The van der Waals surface area contributed by atoms with E-state index in [0.29, 0.717) is 4.70 Å². The number of thiazole rings is 1. The van der Waals surface area contributed by atoms with Gasteiger partial charge in [0.15, 0.2) is 10.9 Å². The van der Waals surface area contributed by atoms with Crippen LogP contribution in [-0.4, -0.2) is 41.0 Å². The van der Waals surface area contributed by atoms with E-state index in [0.717, 1.165) is 43.9 Å². The molecule has 0 radical (unpaired) electrons. The van der Waals surface area contributed by atoms with Crippen LogP contribution in [0, 0.1) is 11.6 Å². The van der Waals surface area contributed by atoms with E-state index in [9.17, 15) is 8.78 Å². The molecule has 0 bridgehead atoms. The topological polar surface area (TPSA) is 32.3 Å². The number of anilines is 1. The van der Waals surface area contributed by atoms with Crippen LogP contribution in [0.15, 0.2) is 36.7 Å². The number of rotatable bonds is 3. The Bertz CT molecular complexity index is 844. The zero-order valence-electron chi connectivity index (χ0n) is 13.0. The van der Waals surface area contributed by atoms with E-state index < -0.39 is 11.6 Å². The van der Waals surface area contributed by atoms with Gasteiger partial charge in [-0.15, -0.1) is 0 Å². The number of benzene rings is 1. The summed E-state index contributed by atoms with van der Waals surface area (Å²) in [5.74, 6) is -1.15. The van der Waals surface area contributed by atoms with Crippen molar-refractivity contribution in [2.45, 2.75) is 6.54 Å². The van der Waals surface area contributed by atoms with Crippen LogP contribution in [0.25, 0.3) is 10.2 Å². The number of piperazine rings is 1. The van der Waals surface area contributed by atoms with Crippen molar-refractivity contribution in [3.63, 3.8) is 0 Å². The van der Waals surface area contributed by atoms with Gasteiger partial charge in [-0.1, -0.05) is 11.3 Å². The molecule has 0 spiro atoms. The zero-order valence-corrected chi connectivity index (χ0v) is 13.8. The van der Waals surface area contributed by atoms with Crippen LogP contribution in [0.3, 0.4) is 0 Å². The van der Waals surface area contributed by atoms with E-state index in [4.69, 9.17) is 0 Å². The van der Waals surface area contributed by atoms with E-state index in [-0.39, 0.29) is 5.52 Å². The van der Waals surface area contributed by atoms with E-state index in [1.165, 1.54) is 23.0 Å². The first-order valence-corrected chi connectivity index (χ1v) is 8.62. The molecule has 0 amide bonds. The molecule has 4 rings (SSSR count). The number of nitrogens with zero attached hydrogens (tertiary/aromatic N) is 4. The van der Waals surface area contributed by atoms with Crippen molar-refractivity contribution in [2.24, 2.45) is 0 Å². The van der Waals surface area contributed by atoms with E-state index in [2.05, 4.69) is 19.8 Å². The van der Waals surface area contributed by atoms with Crippen LogP contribution < -0.4 is 4.90 Å². The van der Waals surface area contributed by atoms with E-state index in [1.807, 2.05) is 12.1 Å². The van der Waals surface area contributed by atoms with Gasteiger partial charge in [0.05, 0.1) is 4.70 Å². The normalized spacial score (nSPS) is 16.0. The molecule has 3 heterocycles. The van der Waals surface area contributed by atoms with Crippen molar-refractivity contribution in [3.8, 4) is 0 Å². The molecule has 1 fully saturated rings. The Morgan fingerprint density at radius 2 is 1.79 bits per heavy atom. The first kappa shape index (κ1) is 15.4. The molecule has 0 N–H and O–H groups in total. The maximum Gasteiger partial charge on any atom is 0.186 e. The summed E-state index contributed by atoms with van der Waals surface area (Å²) in [5.41, 5.74) is 1.51. The lowest BCUT2D eigenvalue weighted by Crippen LogP contribution is -2.45. The third-order valence-electron chi connectivity index (χ3n) is 4.20. The Hall–Kier alpha value is -2.12. The zero-order chi connectivity index (χ0) is 16.5. The number of aromatic nitrogens is 2. The van der Waals surface area contributed by atoms with Gasteiger partial charge in [0.2, 0.25) is 0 Å². The highest BCUT2D eigenvalue weighted by molar-refractivity contribution is 7.22. The van der Waals surface area contributed by atoms with Crippen molar-refractivity contribution < 1.29 is 8.78 Å². The van der Waals surface area contributed by atoms with Gasteiger partial charge in [-0.3, -0.25) is 9.88 Å². The summed E-state index contributed by atoms with van der Waals surface area (Å²) >= 11 is 1.35. The number of pyridine rings is 1. The maximum atomic E-state index is 13.8. The highest BCUT2D eigenvalue weighted by atomic mass is 32.1. The third kappa shape index (κ3) is 3.09. The Morgan fingerprint density at radius 1 is 1.04 bits per heavy atom.